The second kappa shape index (κ2) is 7.79. The molecular formula is C13H29NO3Si. The van der Waals surface area contributed by atoms with E-state index in [2.05, 4.69) is 39.2 Å². The van der Waals surface area contributed by atoms with Crippen molar-refractivity contribution in [3.05, 3.63) is 0 Å². The van der Waals surface area contributed by atoms with Crippen LogP contribution in [-0.4, -0.2) is 34.7 Å². The Morgan fingerprint density at radius 2 is 1.67 bits per heavy atom. The number of ether oxygens (including phenoxy) is 1. The molecule has 1 N–H and O–H groups in total. The number of rotatable bonds is 7. The highest BCUT2D eigenvalue weighted by Crippen LogP contribution is 2.36. The van der Waals surface area contributed by atoms with Crippen molar-refractivity contribution >= 4 is 14.4 Å². The van der Waals surface area contributed by atoms with E-state index in [-0.39, 0.29) is 11.1 Å². The fourth-order valence-corrected chi connectivity index (χ4v) is 2.25. The predicted octanol–water partition coefficient (Wildman–Crippen LogP) is 3.53. The Morgan fingerprint density at radius 1 is 1.11 bits per heavy atom. The van der Waals surface area contributed by atoms with Gasteiger partial charge in [-0.2, -0.15) is 0 Å². The van der Waals surface area contributed by atoms with Gasteiger partial charge in [-0.15, -0.1) is 0 Å². The average Bonchev–Trinajstić information content (AvgIpc) is 2.25. The summed E-state index contributed by atoms with van der Waals surface area (Å²) in [5, 5.41) is 2.70. The van der Waals surface area contributed by atoms with Crippen LogP contribution in [0, 0.1) is 0 Å². The molecule has 5 heteroatoms. The molecule has 0 atom stereocenters. The molecule has 0 radical (unpaired) electrons. The molecule has 0 aliphatic rings. The first-order chi connectivity index (χ1) is 8.20. The summed E-state index contributed by atoms with van der Waals surface area (Å²) in [6.45, 7) is 12.6. The van der Waals surface area contributed by atoms with Gasteiger partial charge in [0.15, 0.2) is 8.32 Å². The standard InChI is InChI=1S/C13H29NO3Si/c1-13(2,3)18(5,6)17-11-9-7-8-10-16-12(15)14-4/h7-11H2,1-6H3,(H,14,15). The molecule has 1 amide bonds. The number of unbranched alkanes of at least 4 members (excludes halogenated alkanes) is 2. The van der Waals surface area contributed by atoms with Gasteiger partial charge >= 0.3 is 6.09 Å². The molecule has 0 bridgehead atoms. The first kappa shape index (κ1) is 17.4. The minimum atomic E-state index is -1.59. The molecule has 0 saturated carbocycles. The number of carbonyl (C=O) groups excluding carboxylic acids is 1. The van der Waals surface area contributed by atoms with Crippen LogP contribution in [-0.2, 0) is 9.16 Å². The Labute approximate surface area is 113 Å². The number of hydrogen-bond acceptors (Lipinski definition) is 3. The normalized spacial score (nSPS) is 12.3. The number of amides is 1. The van der Waals surface area contributed by atoms with Gasteiger partial charge in [-0.3, -0.25) is 0 Å². The summed E-state index contributed by atoms with van der Waals surface area (Å²) in [7, 11) is -0.0276. The van der Waals surface area contributed by atoms with E-state index >= 15 is 0 Å². The van der Waals surface area contributed by atoms with Crippen LogP contribution in [0.2, 0.25) is 18.1 Å². The fraction of sp³-hybridized carbons (Fsp3) is 0.923. The summed E-state index contributed by atoms with van der Waals surface area (Å²) in [5.74, 6) is 0. The summed E-state index contributed by atoms with van der Waals surface area (Å²) in [5.41, 5.74) is 0. The minimum Gasteiger partial charge on any atom is -0.450 e. The van der Waals surface area contributed by atoms with Crippen molar-refractivity contribution in [2.45, 2.75) is 58.2 Å². The lowest BCUT2D eigenvalue weighted by molar-refractivity contribution is 0.145. The quantitative estimate of drug-likeness (QED) is 0.571. The molecule has 0 aliphatic heterocycles. The van der Waals surface area contributed by atoms with Crippen LogP contribution in [0.3, 0.4) is 0 Å². The van der Waals surface area contributed by atoms with E-state index in [9.17, 15) is 4.79 Å². The summed E-state index contributed by atoms with van der Waals surface area (Å²) >= 11 is 0. The summed E-state index contributed by atoms with van der Waals surface area (Å²) < 4.78 is 11.0. The lowest BCUT2D eigenvalue weighted by atomic mass is 10.2. The summed E-state index contributed by atoms with van der Waals surface area (Å²) in [6, 6.07) is 0. The zero-order valence-corrected chi connectivity index (χ0v) is 13.8. The highest BCUT2D eigenvalue weighted by atomic mass is 28.4. The molecule has 0 unspecified atom stereocenters. The molecule has 108 valence electrons. The Balaban J connectivity index is 3.55. The Kier molecular flexibility index (Phi) is 7.55. The Hall–Kier alpha value is -0.553. The smallest absolute Gasteiger partial charge is 0.406 e. The summed E-state index contributed by atoms with van der Waals surface area (Å²) in [4.78, 5) is 10.8. The Morgan fingerprint density at radius 3 is 2.17 bits per heavy atom. The average molecular weight is 275 g/mol. The maximum atomic E-state index is 10.8. The van der Waals surface area contributed by atoms with E-state index in [1.54, 1.807) is 7.05 Å². The van der Waals surface area contributed by atoms with Gasteiger partial charge in [-0.05, 0) is 37.4 Å². The SMILES string of the molecule is CNC(=O)OCCCCCO[Si](C)(C)C(C)(C)C. The van der Waals surface area contributed by atoms with Crippen LogP contribution < -0.4 is 5.32 Å². The van der Waals surface area contributed by atoms with Gasteiger partial charge in [0.1, 0.15) is 0 Å². The zero-order valence-electron chi connectivity index (χ0n) is 12.8. The molecule has 0 heterocycles. The van der Waals surface area contributed by atoms with Gasteiger partial charge in [-0.25, -0.2) is 4.79 Å². The van der Waals surface area contributed by atoms with Gasteiger partial charge < -0.3 is 14.5 Å². The zero-order chi connectivity index (χ0) is 14.2. The maximum Gasteiger partial charge on any atom is 0.406 e. The van der Waals surface area contributed by atoms with Crippen LogP contribution in [0.25, 0.3) is 0 Å². The minimum absolute atomic E-state index is 0.273. The second-order valence-corrected chi connectivity index (χ2v) is 10.9. The van der Waals surface area contributed by atoms with Gasteiger partial charge in [-0.1, -0.05) is 20.8 Å². The monoisotopic (exact) mass is 275 g/mol. The van der Waals surface area contributed by atoms with E-state index in [1.165, 1.54) is 0 Å². The van der Waals surface area contributed by atoms with E-state index < -0.39 is 8.32 Å². The van der Waals surface area contributed by atoms with Crippen LogP contribution in [0.5, 0.6) is 0 Å². The van der Waals surface area contributed by atoms with Gasteiger partial charge in [0, 0.05) is 13.7 Å². The van der Waals surface area contributed by atoms with Crippen molar-refractivity contribution in [1.82, 2.24) is 5.32 Å². The lowest BCUT2D eigenvalue weighted by Crippen LogP contribution is -2.40. The van der Waals surface area contributed by atoms with Crippen LogP contribution in [0.4, 0.5) is 4.79 Å². The van der Waals surface area contributed by atoms with Crippen molar-refractivity contribution in [2.24, 2.45) is 0 Å². The Bertz CT molecular complexity index is 249. The molecule has 0 aromatic heterocycles. The molecule has 0 aliphatic carbocycles. The number of carbonyl (C=O) groups is 1. The van der Waals surface area contributed by atoms with Crippen LogP contribution in [0.1, 0.15) is 40.0 Å². The number of alkyl carbamates (subject to hydrolysis) is 1. The largest absolute Gasteiger partial charge is 0.450 e. The van der Waals surface area contributed by atoms with Crippen molar-refractivity contribution in [1.29, 1.82) is 0 Å². The first-order valence-corrected chi connectivity index (χ1v) is 9.60. The molecule has 18 heavy (non-hydrogen) atoms. The topological polar surface area (TPSA) is 47.6 Å². The molecule has 0 spiro atoms. The predicted molar refractivity (Wildman–Crippen MR) is 77.4 cm³/mol. The van der Waals surface area contributed by atoms with E-state index in [4.69, 9.17) is 9.16 Å². The van der Waals surface area contributed by atoms with E-state index in [0.29, 0.717) is 6.61 Å². The third kappa shape index (κ3) is 7.01. The third-order valence-electron chi connectivity index (χ3n) is 3.50. The highest BCUT2D eigenvalue weighted by Gasteiger charge is 2.36. The third-order valence-corrected chi connectivity index (χ3v) is 8.03. The van der Waals surface area contributed by atoms with Crippen molar-refractivity contribution in [2.75, 3.05) is 20.3 Å². The van der Waals surface area contributed by atoms with Gasteiger partial charge in [0.2, 0.25) is 0 Å². The number of hydrogen-bond donors (Lipinski definition) is 1. The summed E-state index contributed by atoms with van der Waals surface area (Å²) in [6.07, 6.45) is 2.61. The lowest BCUT2D eigenvalue weighted by Gasteiger charge is -2.36. The highest BCUT2D eigenvalue weighted by molar-refractivity contribution is 6.74. The van der Waals surface area contributed by atoms with Crippen LogP contribution >= 0.6 is 0 Å². The molecule has 0 aromatic carbocycles. The van der Waals surface area contributed by atoms with Crippen molar-refractivity contribution < 1.29 is 14.0 Å². The molecular weight excluding hydrogens is 246 g/mol. The van der Waals surface area contributed by atoms with E-state index in [0.717, 1.165) is 25.9 Å². The number of nitrogens with one attached hydrogen (secondary N) is 1. The van der Waals surface area contributed by atoms with Gasteiger partial charge in [0.25, 0.3) is 0 Å². The van der Waals surface area contributed by atoms with Gasteiger partial charge in [0.05, 0.1) is 6.61 Å². The van der Waals surface area contributed by atoms with Crippen molar-refractivity contribution in [3.8, 4) is 0 Å². The molecule has 0 aromatic rings. The van der Waals surface area contributed by atoms with Crippen LogP contribution in [0.15, 0.2) is 0 Å². The first-order valence-electron chi connectivity index (χ1n) is 6.69. The molecule has 4 nitrogen and oxygen atoms in total. The molecule has 0 saturated heterocycles. The second-order valence-electron chi connectivity index (χ2n) is 6.06. The molecule has 0 rings (SSSR count). The fourth-order valence-electron chi connectivity index (χ4n) is 1.16. The molecule has 0 fully saturated rings. The van der Waals surface area contributed by atoms with E-state index in [1.807, 2.05) is 0 Å². The maximum absolute atomic E-state index is 10.8. The van der Waals surface area contributed by atoms with Crippen molar-refractivity contribution in [3.63, 3.8) is 0 Å².